The van der Waals surface area contributed by atoms with Gasteiger partial charge in [0, 0.05) is 23.6 Å². The van der Waals surface area contributed by atoms with Crippen molar-refractivity contribution in [2.24, 2.45) is 13.0 Å². The number of fused-ring (bicyclic) bond motifs is 1. The highest BCUT2D eigenvalue weighted by molar-refractivity contribution is 5.85. The second-order valence-electron chi connectivity index (χ2n) is 6.02. The van der Waals surface area contributed by atoms with Crippen LogP contribution in [0.25, 0.3) is 10.9 Å². The molecule has 1 aromatic heterocycles. The lowest BCUT2D eigenvalue weighted by molar-refractivity contribution is 0.373. The van der Waals surface area contributed by atoms with E-state index >= 15 is 0 Å². The molecule has 1 aliphatic rings. The van der Waals surface area contributed by atoms with Crippen LogP contribution >= 0.6 is 0 Å². The molecule has 0 saturated carbocycles. The molecule has 19 heavy (non-hydrogen) atoms. The monoisotopic (exact) mass is 256 g/mol. The molecule has 2 heteroatoms. The van der Waals surface area contributed by atoms with Gasteiger partial charge in [-0.25, -0.2) is 0 Å². The number of rotatable bonds is 2. The summed E-state index contributed by atoms with van der Waals surface area (Å²) < 4.78 is 2.30. The Morgan fingerprint density at radius 2 is 1.95 bits per heavy atom. The molecule has 0 radical (unpaired) electrons. The van der Waals surface area contributed by atoms with Gasteiger partial charge in [-0.15, -0.1) is 0 Å². The number of aromatic nitrogens is 1. The van der Waals surface area contributed by atoms with E-state index in [0.717, 1.165) is 5.92 Å². The van der Waals surface area contributed by atoms with Gasteiger partial charge in [0.05, 0.1) is 0 Å². The summed E-state index contributed by atoms with van der Waals surface area (Å²) in [5.74, 6) is 0.865. The van der Waals surface area contributed by atoms with Crippen LogP contribution in [0, 0.1) is 19.8 Å². The van der Waals surface area contributed by atoms with Gasteiger partial charge in [-0.3, -0.25) is 0 Å². The summed E-state index contributed by atoms with van der Waals surface area (Å²) in [6.07, 6.45) is 3.89. The van der Waals surface area contributed by atoms with E-state index in [0.29, 0.717) is 0 Å². The molecule has 0 bridgehead atoms. The summed E-state index contributed by atoms with van der Waals surface area (Å²) in [5.41, 5.74) is 5.69. The van der Waals surface area contributed by atoms with Crippen molar-refractivity contribution in [1.29, 1.82) is 0 Å². The molecule has 0 spiro atoms. The zero-order valence-corrected chi connectivity index (χ0v) is 12.3. The Labute approximate surface area is 115 Å². The molecule has 2 aromatic rings. The maximum atomic E-state index is 3.45. The molecule has 3 rings (SSSR count). The molecular weight excluding hydrogens is 232 g/mol. The predicted octanol–water partition coefficient (Wildman–Crippen LogP) is 3.34. The Hall–Kier alpha value is -1.28. The normalized spacial score (nSPS) is 17.2. The van der Waals surface area contributed by atoms with Crippen LogP contribution in [0.3, 0.4) is 0 Å². The van der Waals surface area contributed by atoms with E-state index in [4.69, 9.17) is 0 Å². The lowest BCUT2D eigenvalue weighted by Gasteiger charge is -2.22. The summed E-state index contributed by atoms with van der Waals surface area (Å²) in [7, 11) is 2.16. The van der Waals surface area contributed by atoms with Crippen molar-refractivity contribution in [3.8, 4) is 0 Å². The largest absolute Gasteiger partial charge is 0.348 e. The van der Waals surface area contributed by atoms with Crippen LogP contribution in [-0.4, -0.2) is 17.7 Å². The summed E-state index contributed by atoms with van der Waals surface area (Å²) in [6, 6.07) is 7.04. The van der Waals surface area contributed by atoms with Gasteiger partial charge in [0.1, 0.15) is 0 Å². The van der Waals surface area contributed by atoms with Crippen LogP contribution in [-0.2, 0) is 13.5 Å². The first-order chi connectivity index (χ1) is 9.16. The van der Waals surface area contributed by atoms with Gasteiger partial charge in [-0.1, -0.05) is 6.07 Å². The molecule has 1 aromatic carbocycles. The van der Waals surface area contributed by atoms with Crippen LogP contribution < -0.4 is 5.32 Å². The number of nitrogens with one attached hydrogen (secondary N) is 1. The first kappa shape index (κ1) is 12.7. The highest BCUT2D eigenvalue weighted by Gasteiger charge is 2.15. The lowest BCUT2D eigenvalue weighted by Crippen LogP contribution is -2.28. The number of hydrogen-bond donors (Lipinski definition) is 1. The molecule has 1 fully saturated rings. The molecule has 102 valence electrons. The second-order valence-corrected chi connectivity index (χ2v) is 6.02. The highest BCUT2D eigenvalue weighted by atomic mass is 14.9. The van der Waals surface area contributed by atoms with Crippen molar-refractivity contribution in [2.45, 2.75) is 33.1 Å². The molecule has 1 aliphatic heterocycles. The van der Waals surface area contributed by atoms with Crippen molar-refractivity contribution in [2.75, 3.05) is 13.1 Å². The number of aryl methyl sites for hydroxylation is 2. The van der Waals surface area contributed by atoms with Crippen LogP contribution in [0.1, 0.15) is 29.7 Å². The van der Waals surface area contributed by atoms with E-state index in [1.807, 2.05) is 0 Å². The van der Waals surface area contributed by atoms with E-state index in [1.165, 1.54) is 60.1 Å². The van der Waals surface area contributed by atoms with E-state index < -0.39 is 0 Å². The van der Waals surface area contributed by atoms with Crippen LogP contribution in [0.4, 0.5) is 0 Å². The Morgan fingerprint density at radius 1 is 1.21 bits per heavy atom. The number of nitrogens with zero attached hydrogens (tertiary/aromatic N) is 1. The van der Waals surface area contributed by atoms with Gasteiger partial charge in [0.2, 0.25) is 0 Å². The first-order valence-electron chi connectivity index (χ1n) is 7.42. The molecular formula is C17H24N2. The fourth-order valence-corrected chi connectivity index (χ4v) is 3.35. The molecule has 2 nitrogen and oxygen atoms in total. The minimum absolute atomic E-state index is 0.865. The van der Waals surface area contributed by atoms with Crippen molar-refractivity contribution < 1.29 is 0 Å². The number of benzene rings is 1. The van der Waals surface area contributed by atoms with Crippen molar-refractivity contribution in [3.05, 3.63) is 35.0 Å². The van der Waals surface area contributed by atoms with Gasteiger partial charge in [0.15, 0.2) is 0 Å². The third kappa shape index (κ3) is 2.30. The molecule has 0 aliphatic carbocycles. The summed E-state index contributed by atoms with van der Waals surface area (Å²) in [4.78, 5) is 0. The Bertz CT molecular complexity index is 589. The third-order valence-corrected chi connectivity index (χ3v) is 4.86. The quantitative estimate of drug-likeness (QED) is 0.872. The average molecular weight is 256 g/mol. The number of hydrogen-bond acceptors (Lipinski definition) is 1. The maximum Gasteiger partial charge on any atom is 0.0482 e. The van der Waals surface area contributed by atoms with Crippen molar-refractivity contribution in [3.63, 3.8) is 0 Å². The predicted molar refractivity (Wildman–Crippen MR) is 81.7 cm³/mol. The van der Waals surface area contributed by atoms with Crippen molar-refractivity contribution >= 4 is 10.9 Å². The minimum Gasteiger partial charge on any atom is -0.348 e. The molecule has 2 heterocycles. The molecule has 0 atom stereocenters. The smallest absolute Gasteiger partial charge is 0.0482 e. The maximum absolute atomic E-state index is 3.45. The minimum atomic E-state index is 0.865. The van der Waals surface area contributed by atoms with E-state index in [9.17, 15) is 0 Å². The molecule has 1 saturated heterocycles. The highest BCUT2D eigenvalue weighted by Crippen LogP contribution is 2.27. The molecule has 0 amide bonds. The van der Waals surface area contributed by atoms with Crippen LogP contribution in [0.2, 0.25) is 0 Å². The fourth-order valence-electron chi connectivity index (χ4n) is 3.35. The van der Waals surface area contributed by atoms with Gasteiger partial charge < -0.3 is 9.88 Å². The van der Waals surface area contributed by atoms with Gasteiger partial charge >= 0.3 is 0 Å². The van der Waals surface area contributed by atoms with Gasteiger partial charge in [-0.05, 0) is 75.4 Å². The molecule has 0 unspecified atom stereocenters. The summed E-state index contributed by atoms with van der Waals surface area (Å²) in [6.45, 7) is 6.83. The first-order valence-corrected chi connectivity index (χ1v) is 7.42. The van der Waals surface area contributed by atoms with E-state index in [-0.39, 0.29) is 0 Å². The average Bonchev–Trinajstić information content (AvgIpc) is 2.65. The topological polar surface area (TPSA) is 17.0 Å². The van der Waals surface area contributed by atoms with Gasteiger partial charge in [0.25, 0.3) is 0 Å². The lowest BCUT2D eigenvalue weighted by atomic mass is 9.90. The zero-order valence-electron chi connectivity index (χ0n) is 12.3. The molecule has 1 N–H and O–H groups in total. The number of piperidine rings is 1. The SMILES string of the molecule is Cc1c(C)n(C)c2ccc(CC3CCNCC3)cc12. The summed E-state index contributed by atoms with van der Waals surface area (Å²) >= 11 is 0. The fraction of sp³-hybridized carbons (Fsp3) is 0.529. The van der Waals surface area contributed by atoms with Gasteiger partial charge in [-0.2, -0.15) is 0 Å². The Kier molecular flexibility index (Phi) is 3.36. The summed E-state index contributed by atoms with van der Waals surface area (Å²) in [5, 5.41) is 4.88. The second kappa shape index (κ2) is 5.01. The Balaban J connectivity index is 1.90. The van der Waals surface area contributed by atoms with E-state index in [2.05, 4.69) is 49.0 Å². The van der Waals surface area contributed by atoms with Crippen LogP contribution in [0.5, 0.6) is 0 Å². The standard InChI is InChI=1S/C17H24N2/c1-12-13(2)19(3)17-5-4-15(11-16(12)17)10-14-6-8-18-9-7-14/h4-5,11,14,18H,6-10H2,1-3H3. The third-order valence-electron chi connectivity index (χ3n) is 4.86. The Morgan fingerprint density at radius 3 is 2.68 bits per heavy atom. The zero-order chi connectivity index (χ0) is 13.4. The van der Waals surface area contributed by atoms with Crippen LogP contribution in [0.15, 0.2) is 18.2 Å². The van der Waals surface area contributed by atoms with Crippen molar-refractivity contribution in [1.82, 2.24) is 9.88 Å². The van der Waals surface area contributed by atoms with E-state index in [1.54, 1.807) is 0 Å².